The molecule has 0 aromatic heterocycles. The van der Waals surface area contributed by atoms with Crippen LogP contribution >= 0.6 is 0 Å². The van der Waals surface area contributed by atoms with Gasteiger partial charge in [0.2, 0.25) is 0 Å². The number of Topliss-reactive ketones (excluding diaryl/α,β-unsaturated/α-hetero) is 1. The molecule has 0 radical (unpaired) electrons. The number of carbonyl (C=O) groups is 1. The normalized spacial score (nSPS) is 11.4. The summed E-state index contributed by atoms with van der Waals surface area (Å²) < 4.78 is 6.22. The van der Waals surface area contributed by atoms with Gasteiger partial charge in [-0.1, -0.05) is 88.9 Å². The first-order chi connectivity index (χ1) is 13.4. The molecule has 28 heavy (non-hydrogen) atoms. The predicted octanol–water partition coefficient (Wildman–Crippen LogP) is 7.04. The summed E-state index contributed by atoms with van der Waals surface area (Å²) in [6, 6.07) is 16.8. The van der Waals surface area contributed by atoms with Crippen molar-refractivity contribution in [1.82, 2.24) is 0 Å². The zero-order valence-corrected chi connectivity index (χ0v) is 18.1. The topological polar surface area (TPSA) is 26.3 Å². The lowest BCUT2D eigenvalue weighted by atomic mass is 9.79. The van der Waals surface area contributed by atoms with Crippen molar-refractivity contribution in [1.29, 1.82) is 0 Å². The summed E-state index contributed by atoms with van der Waals surface area (Å²) >= 11 is 0. The van der Waals surface area contributed by atoms with Crippen molar-refractivity contribution < 1.29 is 9.53 Å². The zero-order valence-electron chi connectivity index (χ0n) is 18.1. The molecule has 0 amide bonds. The summed E-state index contributed by atoms with van der Waals surface area (Å²) in [7, 11) is 0. The van der Waals surface area contributed by atoms with E-state index in [4.69, 9.17) is 4.74 Å². The van der Waals surface area contributed by atoms with Crippen LogP contribution in [-0.4, -0.2) is 5.78 Å². The minimum Gasteiger partial charge on any atom is -0.489 e. The van der Waals surface area contributed by atoms with Gasteiger partial charge >= 0.3 is 0 Å². The molecule has 0 N–H and O–H groups in total. The molecule has 2 heteroatoms. The summed E-state index contributed by atoms with van der Waals surface area (Å²) in [6.07, 6.45) is 7.60. The van der Waals surface area contributed by atoms with Crippen LogP contribution in [0.4, 0.5) is 0 Å². The van der Waals surface area contributed by atoms with Crippen LogP contribution < -0.4 is 4.74 Å². The van der Waals surface area contributed by atoms with E-state index >= 15 is 0 Å². The lowest BCUT2D eigenvalue weighted by molar-refractivity contribution is -0.116. The number of hydrogen-bond donors (Lipinski definition) is 0. The fourth-order valence-electron chi connectivity index (χ4n) is 3.50. The highest BCUT2D eigenvalue weighted by Gasteiger charge is 2.21. The van der Waals surface area contributed by atoms with E-state index in [1.165, 1.54) is 37.7 Å². The number of hydrogen-bond acceptors (Lipinski definition) is 2. The molecule has 0 saturated carbocycles. The van der Waals surface area contributed by atoms with Crippen LogP contribution in [0.2, 0.25) is 0 Å². The van der Waals surface area contributed by atoms with Gasteiger partial charge in [-0.15, -0.1) is 0 Å². The molecule has 0 atom stereocenters. The molecular formula is C26H36O2. The Bertz CT molecular complexity index is 731. The first-order valence-corrected chi connectivity index (χ1v) is 10.7. The molecule has 0 saturated heterocycles. The molecule has 2 aromatic rings. The zero-order chi connectivity index (χ0) is 20.4. The molecule has 0 aliphatic heterocycles. The summed E-state index contributed by atoms with van der Waals surface area (Å²) in [6.45, 7) is 9.10. The van der Waals surface area contributed by atoms with Crippen molar-refractivity contribution in [3.63, 3.8) is 0 Å². The van der Waals surface area contributed by atoms with Crippen molar-refractivity contribution in [2.45, 2.75) is 84.7 Å². The number of ketones is 1. The van der Waals surface area contributed by atoms with Gasteiger partial charge in [-0.3, -0.25) is 0 Å². The lowest BCUT2D eigenvalue weighted by Gasteiger charge is -2.27. The van der Waals surface area contributed by atoms with Gasteiger partial charge in [0.1, 0.15) is 18.1 Å². The van der Waals surface area contributed by atoms with Crippen LogP contribution in [0.15, 0.2) is 48.5 Å². The van der Waals surface area contributed by atoms with Gasteiger partial charge in [-0.25, -0.2) is 0 Å². The van der Waals surface area contributed by atoms with Crippen LogP contribution in [0.3, 0.4) is 0 Å². The van der Waals surface area contributed by atoms with E-state index in [-0.39, 0.29) is 11.2 Å². The van der Waals surface area contributed by atoms with Crippen molar-refractivity contribution in [3.05, 3.63) is 65.2 Å². The van der Waals surface area contributed by atoms with Crippen LogP contribution in [0.25, 0.3) is 0 Å². The Hall–Kier alpha value is -2.09. The van der Waals surface area contributed by atoms with E-state index in [1.807, 2.05) is 18.2 Å². The maximum absolute atomic E-state index is 11.5. The monoisotopic (exact) mass is 380 g/mol. The minimum atomic E-state index is 0.123. The number of unbranched alkanes of at least 4 members (excludes halogenated alkanes) is 3. The summed E-state index contributed by atoms with van der Waals surface area (Å²) in [5, 5.41) is 0. The van der Waals surface area contributed by atoms with Crippen molar-refractivity contribution in [3.8, 4) is 5.75 Å². The van der Waals surface area contributed by atoms with Gasteiger partial charge in [0.15, 0.2) is 0 Å². The first kappa shape index (κ1) is 22.2. The van der Waals surface area contributed by atoms with E-state index in [2.05, 4.69) is 51.1 Å². The lowest BCUT2D eigenvalue weighted by Crippen LogP contribution is -2.17. The molecule has 0 heterocycles. The Morgan fingerprint density at radius 2 is 1.75 bits per heavy atom. The number of benzene rings is 2. The fourth-order valence-corrected chi connectivity index (χ4v) is 3.50. The van der Waals surface area contributed by atoms with Gasteiger partial charge < -0.3 is 9.53 Å². The molecule has 0 aliphatic carbocycles. The highest BCUT2D eigenvalue weighted by molar-refractivity contribution is 5.75. The average molecular weight is 381 g/mol. The summed E-state index contributed by atoms with van der Waals surface area (Å²) in [5.74, 6) is 1.14. The molecule has 2 rings (SSSR count). The van der Waals surface area contributed by atoms with Gasteiger partial charge in [0.05, 0.1) is 0 Å². The average Bonchev–Trinajstić information content (AvgIpc) is 2.69. The molecule has 2 aromatic carbocycles. The Morgan fingerprint density at radius 3 is 2.43 bits per heavy atom. The van der Waals surface area contributed by atoms with Crippen LogP contribution in [0.1, 0.15) is 82.9 Å². The van der Waals surface area contributed by atoms with Crippen molar-refractivity contribution >= 4 is 5.78 Å². The minimum absolute atomic E-state index is 0.123. The third-order valence-corrected chi connectivity index (χ3v) is 5.49. The van der Waals surface area contributed by atoms with E-state index in [0.717, 1.165) is 23.3 Å². The Kier molecular flexibility index (Phi) is 8.76. The van der Waals surface area contributed by atoms with Crippen LogP contribution in [-0.2, 0) is 23.2 Å². The Balaban J connectivity index is 2.16. The largest absolute Gasteiger partial charge is 0.489 e. The molecular weight excluding hydrogens is 344 g/mol. The quantitative estimate of drug-likeness (QED) is 0.369. The standard InChI is InChI=1S/C26H36O2/c1-5-6-7-11-18-26(3,4)24-17-16-23(15-14-21(2)27)25(19-24)28-20-22-12-9-8-10-13-22/h8-10,12-13,16-17,19H,5-7,11,14-15,18,20H2,1-4H3. The number of rotatable bonds is 12. The fraction of sp³-hybridized carbons (Fsp3) is 0.500. The number of aryl methyl sites for hydroxylation is 1. The smallest absolute Gasteiger partial charge is 0.130 e. The SMILES string of the molecule is CCCCCCC(C)(C)c1ccc(CCC(C)=O)c(OCc2ccccc2)c1. The highest BCUT2D eigenvalue weighted by Crippen LogP contribution is 2.34. The van der Waals surface area contributed by atoms with E-state index in [1.54, 1.807) is 6.92 Å². The van der Waals surface area contributed by atoms with Crippen molar-refractivity contribution in [2.24, 2.45) is 0 Å². The Labute approximate surface area is 171 Å². The van der Waals surface area contributed by atoms with E-state index in [0.29, 0.717) is 13.0 Å². The third kappa shape index (κ3) is 7.14. The predicted molar refractivity (Wildman–Crippen MR) is 118 cm³/mol. The van der Waals surface area contributed by atoms with Crippen molar-refractivity contribution in [2.75, 3.05) is 0 Å². The summed E-state index contributed by atoms with van der Waals surface area (Å²) in [5.41, 5.74) is 3.72. The first-order valence-electron chi connectivity index (χ1n) is 10.7. The molecule has 0 unspecified atom stereocenters. The number of carbonyl (C=O) groups excluding carboxylic acids is 1. The second-order valence-electron chi connectivity index (χ2n) is 8.49. The third-order valence-electron chi connectivity index (χ3n) is 5.49. The van der Waals surface area contributed by atoms with Crippen LogP contribution in [0, 0.1) is 0 Å². The molecule has 2 nitrogen and oxygen atoms in total. The van der Waals surface area contributed by atoms with E-state index in [9.17, 15) is 4.79 Å². The van der Waals surface area contributed by atoms with Crippen LogP contribution in [0.5, 0.6) is 5.75 Å². The van der Waals surface area contributed by atoms with Gasteiger partial charge in [0.25, 0.3) is 0 Å². The Morgan fingerprint density at radius 1 is 1.00 bits per heavy atom. The highest BCUT2D eigenvalue weighted by atomic mass is 16.5. The molecule has 0 fully saturated rings. The van der Waals surface area contributed by atoms with E-state index < -0.39 is 0 Å². The molecule has 0 bridgehead atoms. The number of ether oxygens (including phenoxy) is 1. The maximum atomic E-state index is 11.5. The molecule has 0 aliphatic rings. The van der Waals surface area contributed by atoms with Gasteiger partial charge in [-0.2, -0.15) is 0 Å². The second-order valence-corrected chi connectivity index (χ2v) is 8.49. The summed E-state index contributed by atoms with van der Waals surface area (Å²) in [4.78, 5) is 11.5. The molecule has 152 valence electrons. The second kappa shape index (κ2) is 11.0. The maximum Gasteiger partial charge on any atom is 0.130 e. The van der Waals surface area contributed by atoms with Gasteiger partial charge in [-0.05, 0) is 47.9 Å². The molecule has 0 spiro atoms. The van der Waals surface area contributed by atoms with Gasteiger partial charge in [0, 0.05) is 6.42 Å².